The van der Waals surface area contributed by atoms with E-state index in [4.69, 9.17) is 39.5 Å². The number of ketones is 1. The molecular weight excluding hydrogens is 393 g/mol. The smallest absolute Gasteiger partial charge is 0.330 e. The molecule has 0 aromatic carbocycles. The summed E-state index contributed by atoms with van der Waals surface area (Å²) in [4.78, 5) is 37.7. The number of nitrogens with zero attached hydrogens (tertiary/aromatic N) is 1. The molecule has 9 heteroatoms. The van der Waals surface area contributed by atoms with E-state index in [-0.39, 0.29) is 12.2 Å². The molecule has 0 aromatic heterocycles. The first-order valence-corrected chi connectivity index (χ1v) is 8.48. The van der Waals surface area contributed by atoms with Crippen molar-refractivity contribution in [3.8, 4) is 0 Å². The zero-order valence-corrected chi connectivity index (χ0v) is 15.8. The Hall–Kier alpha value is -1.50. The number of hydrogen-bond donors (Lipinski definition) is 0. The molecule has 0 amide bonds. The Labute approximate surface area is 160 Å². The van der Waals surface area contributed by atoms with Gasteiger partial charge in [-0.3, -0.25) is 9.59 Å². The molecule has 2 heterocycles. The summed E-state index contributed by atoms with van der Waals surface area (Å²) in [5.74, 6) is -3.03. The van der Waals surface area contributed by atoms with E-state index in [9.17, 15) is 14.4 Å². The number of esters is 2. The van der Waals surface area contributed by atoms with Crippen molar-refractivity contribution in [3.05, 3.63) is 35.7 Å². The van der Waals surface area contributed by atoms with Crippen LogP contribution >= 0.6 is 34.8 Å². The molecule has 25 heavy (non-hydrogen) atoms. The lowest BCUT2D eigenvalue weighted by Crippen LogP contribution is -2.35. The maximum Gasteiger partial charge on any atom is 0.330 e. The molecule has 136 valence electrons. The van der Waals surface area contributed by atoms with Crippen molar-refractivity contribution in [2.45, 2.75) is 10.2 Å². The summed E-state index contributed by atoms with van der Waals surface area (Å²) in [6, 6.07) is 0. The van der Waals surface area contributed by atoms with Crippen molar-refractivity contribution in [1.29, 1.82) is 0 Å². The van der Waals surface area contributed by atoms with Gasteiger partial charge in [-0.25, -0.2) is 4.79 Å². The molecule has 0 aromatic rings. The van der Waals surface area contributed by atoms with Crippen molar-refractivity contribution in [1.82, 2.24) is 4.90 Å². The Bertz CT molecular complexity index is 678. The van der Waals surface area contributed by atoms with Crippen LogP contribution in [0.3, 0.4) is 0 Å². The van der Waals surface area contributed by atoms with Crippen molar-refractivity contribution in [2.24, 2.45) is 11.8 Å². The summed E-state index contributed by atoms with van der Waals surface area (Å²) in [6.07, 6.45) is 6.30. The summed E-state index contributed by atoms with van der Waals surface area (Å²) in [5, 5.41) is 0. The Kier molecular flexibility index (Phi) is 6.19. The van der Waals surface area contributed by atoms with Gasteiger partial charge in [0.1, 0.15) is 0 Å². The number of halogens is 3. The van der Waals surface area contributed by atoms with E-state index in [1.165, 1.54) is 25.5 Å². The minimum Gasteiger partial charge on any atom is -0.466 e. The minimum absolute atomic E-state index is 0.165. The van der Waals surface area contributed by atoms with Crippen LogP contribution in [0.1, 0.15) is 6.42 Å². The summed E-state index contributed by atoms with van der Waals surface area (Å²) in [5.41, 5.74) is 0.704. The number of carbonyl (C=O) groups excluding carboxylic acids is 3. The summed E-state index contributed by atoms with van der Waals surface area (Å²) in [7, 11) is 2.93. The lowest BCUT2D eigenvalue weighted by Gasteiger charge is -2.31. The molecule has 0 saturated carbocycles. The highest BCUT2D eigenvalue weighted by Crippen LogP contribution is 2.42. The van der Waals surface area contributed by atoms with Crippen molar-refractivity contribution >= 4 is 52.5 Å². The molecule has 0 N–H and O–H groups in total. The number of alkyl halides is 3. The Morgan fingerprint density at radius 2 is 2.04 bits per heavy atom. The Morgan fingerprint density at radius 1 is 1.36 bits per heavy atom. The molecule has 1 saturated heterocycles. The Balaban J connectivity index is 2.47. The second kappa shape index (κ2) is 7.81. The van der Waals surface area contributed by atoms with Crippen LogP contribution in [-0.2, 0) is 23.9 Å². The number of hydrogen-bond acceptors (Lipinski definition) is 6. The minimum atomic E-state index is -2.16. The molecule has 0 bridgehead atoms. The van der Waals surface area contributed by atoms with E-state index in [1.54, 1.807) is 18.1 Å². The van der Waals surface area contributed by atoms with Crippen molar-refractivity contribution < 1.29 is 23.9 Å². The molecule has 1 fully saturated rings. The molecular formula is C16H16Cl3NO5. The van der Waals surface area contributed by atoms with Crippen LogP contribution < -0.4 is 0 Å². The van der Waals surface area contributed by atoms with Gasteiger partial charge in [-0.1, -0.05) is 34.8 Å². The fourth-order valence-electron chi connectivity index (χ4n) is 2.84. The first-order chi connectivity index (χ1) is 11.6. The second-order valence-corrected chi connectivity index (χ2v) is 7.88. The van der Waals surface area contributed by atoms with Gasteiger partial charge in [0.05, 0.1) is 19.6 Å². The predicted molar refractivity (Wildman–Crippen MR) is 92.9 cm³/mol. The summed E-state index contributed by atoms with van der Waals surface area (Å²) in [6.45, 7) is 0.249. The van der Waals surface area contributed by atoms with Crippen molar-refractivity contribution in [2.75, 3.05) is 20.8 Å². The zero-order valence-electron chi connectivity index (χ0n) is 13.5. The maximum absolute atomic E-state index is 12.6. The van der Waals surface area contributed by atoms with Gasteiger partial charge in [-0.2, -0.15) is 0 Å². The number of cyclic esters (lactones) is 1. The van der Waals surface area contributed by atoms with E-state index < -0.39 is 33.4 Å². The first-order valence-electron chi connectivity index (χ1n) is 7.34. The van der Waals surface area contributed by atoms with Gasteiger partial charge in [0, 0.05) is 37.0 Å². The molecule has 2 aliphatic heterocycles. The monoisotopic (exact) mass is 407 g/mol. The lowest BCUT2D eigenvalue weighted by molar-refractivity contribution is -0.142. The Morgan fingerprint density at radius 3 is 2.56 bits per heavy atom. The molecule has 2 atom stereocenters. The highest BCUT2D eigenvalue weighted by molar-refractivity contribution is 6.77. The standard InChI is InChI=1S/C16H16Cl3NO5/c1-20-7-9(3-4-12(21)24-2)13(10-5-6-25-15(10)23)11(8-20)14(22)16(17,18)19/h3-4,7-8,10,13H,5-6H2,1-2H3/b4-3+. The maximum atomic E-state index is 12.6. The molecule has 0 aliphatic carbocycles. The number of ether oxygens (including phenoxy) is 2. The predicted octanol–water partition coefficient (Wildman–Crippen LogP) is 2.55. The summed E-state index contributed by atoms with van der Waals surface area (Å²) < 4.78 is 7.43. The van der Waals surface area contributed by atoms with Gasteiger partial charge in [-0.05, 0) is 18.1 Å². The topological polar surface area (TPSA) is 72.9 Å². The van der Waals surface area contributed by atoms with Crippen LogP contribution in [0.2, 0.25) is 0 Å². The van der Waals surface area contributed by atoms with Gasteiger partial charge in [0.25, 0.3) is 3.79 Å². The highest BCUT2D eigenvalue weighted by atomic mass is 35.6. The quantitative estimate of drug-likeness (QED) is 0.404. The molecule has 2 aliphatic rings. The number of carbonyl (C=O) groups is 3. The molecule has 0 spiro atoms. The first kappa shape index (κ1) is 19.8. The van der Waals surface area contributed by atoms with Crippen molar-refractivity contribution in [3.63, 3.8) is 0 Å². The number of rotatable bonds is 4. The fraction of sp³-hybridized carbons (Fsp3) is 0.438. The number of allylic oxidation sites excluding steroid dienone is 3. The number of Topliss-reactive ketones (excluding diaryl/α,β-unsaturated/α-hetero) is 1. The zero-order chi connectivity index (χ0) is 18.8. The highest BCUT2D eigenvalue weighted by Gasteiger charge is 2.45. The van der Waals surface area contributed by atoms with Crippen LogP contribution in [-0.4, -0.2) is 47.2 Å². The van der Waals surface area contributed by atoms with Crippen LogP contribution in [0.4, 0.5) is 0 Å². The van der Waals surface area contributed by atoms with E-state index in [2.05, 4.69) is 4.74 Å². The van der Waals surface area contributed by atoms with Crippen LogP contribution in [0.25, 0.3) is 0 Å². The lowest BCUT2D eigenvalue weighted by atomic mass is 9.77. The van der Waals surface area contributed by atoms with Crippen LogP contribution in [0.15, 0.2) is 35.7 Å². The third-order valence-electron chi connectivity index (χ3n) is 3.90. The van der Waals surface area contributed by atoms with Gasteiger partial charge >= 0.3 is 11.9 Å². The van der Waals surface area contributed by atoms with E-state index in [0.717, 1.165) is 0 Å². The SMILES string of the molecule is COC(=O)/C=C/C1=CN(C)C=C(C(=O)C(Cl)(Cl)Cl)C1C1CCOC1=O. The molecule has 2 rings (SSSR count). The second-order valence-electron chi connectivity index (χ2n) is 5.60. The average Bonchev–Trinajstić information content (AvgIpc) is 2.96. The third kappa shape index (κ3) is 4.57. The third-order valence-corrected chi connectivity index (χ3v) is 4.42. The number of methoxy groups -OCH3 is 1. The largest absolute Gasteiger partial charge is 0.466 e. The van der Waals surface area contributed by atoms with Crippen LogP contribution in [0.5, 0.6) is 0 Å². The molecule has 6 nitrogen and oxygen atoms in total. The van der Waals surface area contributed by atoms with Gasteiger partial charge in [0.15, 0.2) is 0 Å². The fourth-order valence-corrected chi connectivity index (χ4v) is 3.16. The van der Waals surface area contributed by atoms with E-state index >= 15 is 0 Å². The average molecular weight is 409 g/mol. The van der Waals surface area contributed by atoms with Crippen LogP contribution in [0, 0.1) is 11.8 Å². The summed E-state index contributed by atoms with van der Waals surface area (Å²) >= 11 is 17.3. The van der Waals surface area contributed by atoms with E-state index in [0.29, 0.717) is 12.0 Å². The van der Waals surface area contributed by atoms with Gasteiger partial charge < -0.3 is 14.4 Å². The van der Waals surface area contributed by atoms with Gasteiger partial charge in [-0.15, -0.1) is 0 Å². The molecule has 0 radical (unpaired) electrons. The van der Waals surface area contributed by atoms with E-state index in [1.807, 2.05) is 0 Å². The van der Waals surface area contributed by atoms with Gasteiger partial charge in [0.2, 0.25) is 5.78 Å². The molecule has 2 unspecified atom stereocenters. The normalized spacial score (nSPS) is 24.0.